The van der Waals surface area contributed by atoms with Gasteiger partial charge in [0.25, 0.3) is 0 Å². The maximum absolute atomic E-state index is 13.5. The van der Waals surface area contributed by atoms with E-state index in [1.54, 1.807) is 13.0 Å². The van der Waals surface area contributed by atoms with Gasteiger partial charge in [0.05, 0.1) is 26.2 Å². The van der Waals surface area contributed by atoms with E-state index >= 15 is 0 Å². The van der Waals surface area contributed by atoms with Crippen LogP contribution in [0.15, 0.2) is 48.5 Å². The topological polar surface area (TPSA) is 105 Å². The van der Waals surface area contributed by atoms with Crippen LogP contribution in [0.5, 0.6) is 11.5 Å². The van der Waals surface area contributed by atoms with Crippen LogP contribution in [0.4, 0.5) is 5.69 Å². The summed E-state index contributed by atoms with van der Waals surface area (Å²) in [7, 11) is -0.921. The average Bonchev–Trinajstić information content (AvgIpc) is 2.81. The standard InChI is InChI=1S/C24H33N3O6S/c1-6-20(24(29)25-7-2)26(16-18-11-9-8-10-12-18)23(28)17-27(34(5,30)31)19-13-14-21(32-3)22(15-19)33-4/h8-15,20H,6-7,16-17H2,1-5H3,(H,25,29)/t20-/m1/s1. The monoisotopic (exact) mass is 491 g/mol. The maximum atomic E-state index is 13.5. The van der Waals surface area contributed by atoms with E-state index in [4.69, 9.17) is 9.47 Å². The highest BCUT2D eigenvalue weighted by Crippen LogP contribution is 2.32. The molecule has 0 fully saturated rings. The Balaban J connectivity index is 2.45. The second-order valence-corrected chi connectivity index (χ2v) is 9.54. The number of benzene rings is 2. The zero-order chi connectivity index (χ0) is 25.3. The summed E-state index contributed by atoms with van der Waals surface area (Å²) >= 11 is 0. The highest BCUT2D eigenvalue weighted by atomic mass is 32.2. The number of sulfonamides is 1. The van der Waals surface area contributed by atoms with Gasteiger partial charge in [-0.25, -0.2) is 8.42 Å². The van der Waals surface area contributed by atoms with Crippen LogP contribution >= 0.6 is 0 Å². The fraction of sp³-hybridized carbons (Fsp3) is 0.417. The first-order valence-corrected chi connectivity index (χ1v) is 12.8. The molecule has 0 aliphatic heterocycles. The van der Waals surface area contributed by atoms with Crippen molar-refractivity contribution in [2.75, 3.05) is 37.9 Å². The molecule has 0 aliphatic rings. The van der Waals surface area contributed by atoms with Gasteiger partial charge in [0.2, 0.25) is 21.8 Å². The lowest BCUT2D eigenvalue weighted by Crippen LogP contribution is -2.52. The zero-order valence-corrected chi connectivity index (χ0v) is 21.1. The minimum Gasteiger partial charge on any atom is -0.493 e. The number of anilines is 1. The van der Waals surface area contributed by atoms with Crippen LogP contribution in [0.1, 0.15) is 25.8 Å². The molecule has 0 saturated heterocycles. The number of hydrogen-bond acceptors (Lipinski definition) is 6. The molecule has 0 spiro atoms. The predicted molar refractivity (Wildman–Crippen MR) is 131 cm³/mol. The van der Waals surface area contributed by atoms with E-state index in [0.29, 0.717) is 24.5 Å². The van der Waals surface area contributed by atoms with Gasteiger partial charge in [0.1, 0.15) is 12.6 Å². The number of rotatable bonds is 12. The molecule has 9 nitrogen and oxygen atoms in total. The lowest BCUT2D eigenvalue weighted by Gasteiger charge is -2.32. The Hall–Kier alpha value is -3.27. The molecule has 0 aliphatic carbocycles. The SMILES string of the molecule is CCNC(=O)[C@@H](CC)N(Cc1ccccc1)C(=O)CN(c1ccc(OC)c(OC)c1)S(C)(=O)=O. The third-order valence-electron chi connectivity index (χ3n) is 5.27. The van der Waals surface area contributed by atoms with Gasteiger partial charge < -0.3 is 19.7 Å². The summed E-state index contributed by atoms with van der Waals surface area (Å²) in [5.74, 6) is -0.0246. The molecule has 0 unspecified atom stereocenters. The van der Waals surface area contributed by atoms with E-state index in [9.17, 15) is 18.0 Å². The second kappa shape index (κ2) is 12.3. The maximum Gasteiger partial charge on any atom is 0.244 e. The normalized spacial score (nSPS) is 11.9. The van der Waals surface area contributed by atoms with Crippen molar-refractivity contribution >= 4 is 27.5 Å². The van der Waals surface area contributed by atoms with Crippen LogP contribution in [0.25, 0.3) is 0 Å². The minimum absolute atomic E-state index is 0.166. The molecule has 2 rings (SSSR count). The Morgan fingerprint density at radius 2 is 1.65 bits per heavy atom. The van der Waals surface area contributed by atoms with Gasteiger partial charge >= 0.3 is 0 Å². The highest BCUT2D eigenvalue weighted by Gasteiger charge is 2.31. The number of carbonyl (C=O) groups is 2. The largest absolute Gasteiger partial charge is 0.493 e. The molecule has 2 aromatic rings. The summed E-state index contributed by atoms with van der Waals surface area (Å²) in [6.07, 6.45) is 1.40. The molecule has 186 valence electrons. The van der Waals surface area contributed by atoms with E-state index < -0.39 is 28.5 Å². The van der Waals surface area contributed by atoms with Crippen molar-refractivity contribution in [2.24, 2.45) is 0 Å². The fourth-order valence-electron chi connectivity index (χ4n) is 3.59. The Bertz CT molecular complexity index is 1080. The molecular formula is C24H33N3O6S. The van der Waals surface area contributed by atoms with E-state index in [2.05, 4.69) is 5.32 Å². The number of ether oxygens (including phenoxy) is 2. The smallest absolute Gasteiger partial charge is 0.244 e. The number of carbonyl (C=O) groups excluding carboxylic acids is 2. The molecule has 1 atom stereocenters. The van der Waals surface area contributed by atoms with E-state index in [0.717, 1.165) is 16.1 Å². The van der Waals surface area contributed by atoms with Crippen LogP contribution in [0.3, 0.4) is 0 Å². The van der Waals surface area contributed by atoms with Gasteiger partial charge in [-0.3, -0.25) is 13.9 Å². The van der Waals surface area contributed by atoms with Crippen molar-refractivity contribution in [1.29, 1.82) is 0 Å². The summed E-state index contributed by atoms with van der Waals surface area (Å²) in [5.41, 5.74) is 1.08. The van der Waals surface area contributed by atoms with Gasteiger partial charge in [-0.05, 0) is 31.0 Å². The zero-order valence-electron chi connectivity index (χ0n) is 20.3. The Morgan fingerprint density at radius 1 is 1.00 bits per heavy atom. The number of likely N-dealkylation sites (N-methyl/N-ethyl adjacent to an activating group) is 1. The summed E-state index contributed by atoms with van der Waals surface area (Å²) in [6, 6.07) is 13.1. The number of nitrogens with zero attached hydrogens (tertiary/aromatic N) is 2. The van der Waals surface area contributed by atoms with Crippen LogP contribution in [0, 0.1) is 0 Å². The average molecular weight is 492 g/mol. The van der Waals surface area contributed by atoms with Gasteiger partial charge in [-0.2, -0.15) is 0 Å². The minimum atomic E-state index is -3.84. The molecular weight excluding hydrogens is 458 g/mol. The number of methoxy groups -OCH3 is 2. The summed E-state index contributed by atoms with van der Waals surface area (Å²) in [5, 5.41) is 2.77. The molecule has 0 radical (unpaired) electrons. The van der Waals surface area contributed by atoms with E-state index in [1.807, 2.05) is 37.3 Å². The summed E-state index contributed by atoms with van der Waals surface area (Å²) < 4.78 is 36.9. The first-order valence-electron chi connectivity index (χ1n) is 11.0. The second-order valence-electron chi connectivity index (χ2n) is 7.63. The van der Waals surface area contributed by atoms with Crippen molar-refractivity contribution in [3.8, 4) is 11.5 Å². The van der Waals surface area contributed by atoms with Crippen molar-refractivity contribution in [3.05, 3.63) is 54.1 Å². The number of amides is 2. The van der Waals surface area contributed by atoms with Crippen LogP contribution in [0.2, 0.25) is 0 Å². The quantitative estimate of drug-likeness (QED) is 0.489. The van der Waals surface area contributed by atoms with E-state index in [-0.39, 0.29) is 18.1 Å². The highest BCUT2D eigenvalue weighted by molar-refractivity contribution is 7.92. The molecule has 2 aromatic carbocycles. The van der Waals surface area contributed by atoms with Crippen molar-refractivity contribution in [2.45, 2.75) is 32.9 Å². The molecule has 1 N–H and O–H groups in total. The van der Waals surface area contributed by atoms with Gasteiger partial charge in [0, 0.05) is 19.2 Å². The predicted octanol–water partition coefficient (Wildman–Crippen LogP) is 2.41. The molecule has 2 amide bonds. The number of hydrogen-bond donors (Lipinski definition) is 1. The third-order valence-corrected chi connectivity index (χ3v) is 6.41. The van der Waals surface area contributed by atoms with E-state index in [1.165, 1.54) is 31.3 Å². The third kappa shape index (κ3) is 6.86. The Labute approximate surface area is 201 Å². The van der Waals surface area contributed by atoms with Crippen molar-refractivity contribution < 1.29 is 27.5 Å². The molecule has 34 heavy (non-hydrogen) atoms. The first-order chi connectivity index (χ1) is 16.2. The molecule has 0 heterocycles. The summed E-state index contributed by atoms with van der Waals surface area (Å²) in [4.78, 5) is 27.7. The molecule has 10 heteroatoms. The van der Waals surface area contributed by atoms with Crippen LogP contribution in [-0.2, 0) is 26.2 Å². The number of nitrogens with one attached hydrogen (secondary N) is 1. The van der Waals surface area contributed by atoms with Gasteiger partial charge in [0.15, 0.2) is 11.5 Å². The molecule has 0 saturated carbocycles. The van der Waals surface area contributed by atoms with Crippen LogP contribution < -0.4 is 19.1 Å². The van der Waals surface area contributed by atoms with Gasteiger partial charge in [-0.15, -0.1) is 0 Å². The van der Waals surface area contributed by atoms with Gasteiger partial charge in [-0.1, -0.05) is 37.3 Å². The lowest BCUT2D eigenvalue weighted by molar-refractivity contribution is -0.140. The lowest BCUT2D eigenvalue weighted by atomic mass is 10.1. The summed E-state index contributed by atoms with van der Waals surface area (Å²) in [6.45, 7) is 3.73. The van der Waals surface area contributed by atoms with Crippen molar-refractivity contribution in [3.63, 3.8) is 0 Å². The Kier molecular flexibility index (Phi) is 9.73. The Morgan fingerprint density at radius 3 is 2.18 bits per heavy atom. The first kappa shape index (κ1) is 27.0. The van der Waals surface area contributed by atoms with Crippen LogP contribution in [-0.4, -0.2) is 64.7 Å². The molecule has 0 bridgehead atoms. The molecule has 0 aromatic heterocycles. The fourth-order valence-corrected chi connectivity index (χ4v) is 4.43. The van der Waals surface area contributed by atoms with Crippen molar-refractivity contribution in [1.82, 2.24) is 10.2 Å².